The Morgan fingerprint density at radius 1 is 1.33 bits per heavy atom. The van der Waals surface area contributed by atoms with Crippen LogP contribution in [-0.2, 0) is 6.54 Å². The summed E-state index contributed by atoms with van der Waals surface area (Å²) in [5, 5.41) is 24.1. The molecule has 2 heterocycles. The molecule has 0 unspecified atom stereocenters. The van der Waals surface area contributed by atoms with Crippen LogP contribution in [0.25, 0.3) is 0 Å². The van der Waals surface area contributed by atoms with Gasteiger partial charge in [-0.1, -0.05) is 0 Å². The molecule has 3 rings (SSSR count). The van der Waals surface area contributed by atoms with Crippen LogP contribution in [0.1, 0.15) is 6.42 Å². The molecule has 10 heteroatoms. The van der Waals surface area contributed by atoms with E-state index in [1.807, 2.05) is 24.3 Å². The number of anilines is 1. The highest BCUT2D eigenvalue weighted by molar-refractivity contribution is 6.28. The Hall–Kier alpha value is -2.36. The van der Waals surface area contributed by atoms with Crippen molar-refractivity contribution in [1.82, 2.24) is 14.9 Å². The smallest absolute Gasteiger partial charge is 0.383 e. The molecule has 9 nitrogen and oxygen atoms in total. The maximum absolute atomic E-state index is 10.7. The Morgan fingerprint density at radius 3 is 2.67 bits per heavy atom. The number of aliphatic hydroxyl groups is 1. The van der Waals surface area contributed by atoms with Gasteiger partial charge in [0.05, 0.1) is 6.10 Å². The summed E-state index contributed by atoms with van der Waals surface area (Å²) in [6.07, 6.45) is 0.868. The molecule has 0 radical (unpaired) electrons. The Labute approximate surface area is 161 Å². The molecule has 2 aromatic rings. The van der Waals surface area contributed by atoms with Crippen LogP contribution in [0.4, 0.5) is 11.5 Å². The third-order valence-electron chi connectivity index (χ3n) is 4.37. The number of aromatic nitrogens is 2. The Balaban J connectivity index is 1.44. The van der Waals surface area contributed by atoms with Crippen molar-refractivity contribution in [2.45, 2.75) is 19.1 Å². The van der Waals surface area contributed by atoms with Crippen LogP contribution in [0.2, 0.25) is 5.28 Å². The highest BCUT2D eigenvalue weighted by Crippen LogP contribution is 2.20. The number of aliphatic hydroxyl groups excluding tert-OH is 1. The van der Waals surface area contributed by atoms with Gasteiger partial charge in [0.15, 0.2) is 0 Å². The number of ether oxygens (including phenoxy) is 1. The minimum atomic E-state index is -0.727. The largest absolute Gasteiger partial charge is 0.491 e. The molecule has 0 bridgehead atoms. The zero-order chi connectivity index (χ0) is 19.2. The first-order chi connectivity index (χ1) is 13.0. The lowest BCUT2D eigenvalue weighted by Gasteiger charge is -2.29. The van der Waals surface area contributed by atoms with Crippen molar-refractivity contribution < 1.29 is 14.8 Å². The van der Waals surface area contributed by atoms with Gasteiger partial charge >= 0.3 is 11.1 Å². The number of hydrogen-bond acceptors (Lipinski definition) is 7. The van der Waals surface area contributed by atoms with Gasteiger partial charge in [0.1, 0.15) is 18.6 Å². The lowest BCUT2D eigenvalue weighted by Crippen LogP contribution is -2.43. The number of halogens is 1. The lowest BCUT2D eigenvalue weighted by molar-refractivity contribution is -0.389. The maximum atomic E-state index is 10.7. The number of hydrogen-bond donors (Lipinski definition) is 2. The SMILES string of the molecule is O=[N+]([O-])c1cn(CC[C@H](O)COc2ccc(N3CCNCC3)cc2)c(Cl)n1. The van der Waals surface area contributed by atoms with Crippen molar-refractivity contribution in [2.24, 2.45) is 0 Å². The molecule has 0 amide bonds. The summed E-state index contributed by atoms with van der Waals surface area (Å²) in [5.41, 5.74) is 1.15. The van der Waals surface area contributed by atoms with E-state index in [1.165, 1.54) is 10.8 Å². The average Bonchev–Trinajstić information content (AvgIpc) is 3.07. The number of piperazine rings is 1. The normalized spacial score (nSPS) is 15.6. The number of benzene rings is 1. The molecule has 27 heavy (non-hydrogen) atoms. The van der Waals surface area contributed by atoms with E-state index in [4.69, 9.17) is 16.3 Å². The van der Waals surface area contributed by atoms with Gasteiger partial charge in [-0.15, -0.1) is 0 Å². The maximum Gasteiger partial charge on any atom is 0.383 e. The van der Waals surface area contributed by atoms with E-state index < -0.39 is 11.0 Å². The van der Waals surface area contributed by atoms with Crippen LogP contribution in [-0.4, -0.2) is 58.5 Å². The van der Waals surface area contributed by atoms with Gasteiger partial charge in [0.25, 0.3) is 0 Å². The number of rotatable bonds is 8. The molecule has 1 aromatic carbocycles. The van der Waals surface area contributed by atoms with E-state index in [1.54, 1.807) is 0 Å². The average molecular weight is 396 g/mol. The monoisotopic (exact) mass is 395 g/mol. The fourth-order valence-corrected chi connectivity index (χ4v) is 3.09. The Bertz CT molecular complexity index is 761. The molecular formula is C17H22ClN5O4. The molecule has 1 fully saturated rings. The van der Waals surface area contributed by atoms with E-state index in [-0.39, 0.29) is 17.7 Å². The van der Waals surface area contributed by atoms with Gasteiger partial charge in [-0.05, 0) is 52.2 Å². The molecule has 1 aliphatic rings. The van der Waals surface area contributed by atoms with Gasteiger partial charge in [-0.2, -0.15) is 0 Å². The van der Waals surface area contributed by atoms with Crippen LogP contribution in [0.15, 0.2) is 30.5 Å². The zero-order valence-corrected chi connectivity index (χ0v) is 15.5. The van der Waals surface area contributed by atoms with Gasteiger partial charge in [-0.3, -0.25) is 4.57 Å². The molecule has 1 aromatic heterocycles. The predicted molar refractivity (Wildman–Crippen MR) is 102 cm³/mol. The first-order valence-corrected chi connectivity index (χ1v) is 9.14. The molecule has 2 N–H and O–H groups in total. The minimum Gasteiger partial charge on any atom is -0.491 e. The van der Waals surface area contributed by atoms with Crippen LogP contribution >= 0.6 is 11.6 Å². The summed E-state index contributed by atoms with van der Waals surface area (Å²) in [4.78, 5) is 16.0. The van der Waals surface area contributed by atoms with Gasteiger partial charge < -0.3 is 30.2 Å². The summed E-state index contributed by atoms with van der Waals surface area (Å²) >= 11 is 5.85. The summed E-state index contributed by atoms with van der Waals surface area (Å²) in [6.45, 7) is 4.36. The fraction of sp³-hybridized carbons (Fsp3) is 0.471. The van der Waals surface area contributed by atoms with Crippen molar-refractivity contribution >= 4 is 23.1 Å². The van der Waals surface area contributed by atoms with E-state index in [0.717, 1.165) is 31.9 Å². The fourth-order valence-electron chi connectivity index (χ4n) is 2.87. The molecular weight excluding hydrogens is 374 g/mol. The van der Waals surface area contributed by atoms with Gasteiger partial charge in [-0.25, -0.2) is 0 Å². The van der Waals surface area contributed by atoms with Crippen LogP contribution in [0, 0.1) is 10.1 Å². The molecule has 146 valence electrons. The predicted octanol–water partition coefficient (Wildman–Crippen LogP) is 1.68. The molecule has 0 spiro atoms. The molecule has 0 aliphatic carbocycles. The number of nitrogens with one attached hydrogen (secondary N) is 1. The van der Waals surface area contributed by atoms with Crippen molar-refractivity contribution in [3.63, 3.8) is 0 Å². The first-order valence-electron chi connectivity index (χ1n) is 8.76. The number of imidazole rings is 1. The number of nitro groups is 1. The van der Waals surface area contributed by atoms with E-state index in [0.29, 0.717) is 18.7 Å². The third-order valence-corrected chi connectivity index (χ3v) is 4.67. The number of aryl methyl sites for hydroxylation is 1. The summed E-state index contributed by atoms with van der Waals surface area (Å²) in [6, 6.07) is 7.80. The summed E-state index contributed by atoms with van der Waals surface area (Å²) in [7, 11) is 0. The Morgan fingerprint density at radius 2 is 2.04 bits per heavy atom. The second-order valence-corrected chi connectivity index (χ2v) is 6.64. The minimum absolute atomic E-state index is 0.0262. The summed E-state index contributed by atoms with van der Waals surface area (Å²) in [5.74, 6) is 0.375. The van der Waals surface area contributed by atoms with Crippen molar-refractivity contribution in [3.8, 4) is 5.75 Å². The molecule has 1 aliphatic heterocycles. The van der Waals surface area contributed by atoms with Crippen LogP contribution < -0.4 is 15.0 Å². The van der Waals surface area contributed by atoms with Crippen molar-refractivity contribution in [1.29, 1.82) is 0 Å². The van der Waals surface area contributed by atoms with Gasteiger partial charge in [0, 0.05) is 38.4 Å². The molecule has 1 atom stereocenters. The lowest BCUT2D eigenvalue weighted by atomic mass is 10.2. The van der Waals surface area contributed by atoms with E-state index in [9.17, 15) is 15.2 Å². The Kier molecular flexibility index (Phi) is 6.49. The van der Waals surface area contributed by atoms with Gasteiger partial charge in [0.2, 0.25) is 0 Å². The molecule has 0 saturated carbocycles. The van der Waals surface area contributed by atoms with E-state index in [2.05, 4.69) is 15.2 Å². The second kappa shape index (κ2) is 9.03. The van der Waals surface area contributed by atoms with E-state index >= 15 is 0 Å². The highest BCUT2D eigenvalue weighted by Gasteiger charge is 2.17. The van der Waals surface area contributed by atoms with Crippen molar-refractivity contribution in [3.05, 3.63) is 45.9 Å². The first kappa shape index (κ1) is 19.4. The topological polar surface area (TPSA) is 106 Å². The van der Waals surface area contributed by atoms with Crippen LogP contribution in [0.3, 0.4) is 0 Å². The second-order valence-electron chi connectivity index (χ2n) is 6.30. The van der Waals surface area contributed by atoms with Crippen LogP contribution in [0.5, 0.6) is 5.75 Å². The molecule has 1 saturated heterocycles. The quantitative estimate of drug-likeness (QED) is 0.517. The highest BCUT2D eigenvalue weighted by atomic mass is 35.5. The number of nitrogens with zero attached hydrogens (tertiary/aromatic N) is 4. The third kappa shape index (κ3) is 5.31. The summed E-state index contributed by atoms with van der Waals surface area (Å²) < 4.78 is 7.06. The zero-order valence-electron chi connectivity index (χ0n) is 14.8. The standard InChI is InChI=1S/C17H22ClN5O4/c18-17-20-16(23(25)26)11-22(17)8-5-14(24)12-27-15-3-1-13(2-4-15)21-9-6-19-7-10-21/h1-4,11,14,19,24H,5-10,12H2/t14-/m0/s1. The van der Waals surface area contributed by atoms with Crippen molar-refractivity contribution in [2.75, 3.05) is 37.7 Å².